The Morgan fingerprint density at radius 3 is 1.44 bits per heavy atom. The number of hydrogen-bond acceptors (Lipinski definition) is 2. The second-order valence-corrected chi connectivity index (χ2v) is 1.87. The van der Waals surface area contributed by atoms with Crippen LogP contribution in [-0.2, 0) is 4.57 Å². The molecule has 7 heteroatoms. The molecule has 0 atom stereocenters. The maximum Gasteiger partial charge on any atom is 1.00 e. The van der Waals surface area contributed by atoms with E-state index in [-0.39, 0.29) is 51.4 Å². The van der Waals surface area contributed by atoms with Crippen molar-refractivity contribution in [2.75, 3.05) is 0 Å². The molecule has 0 aromatic rings. The minimum absolute atomic E-state index is 0. The zero-order chi connectivity index (χ0) is 7.21. The molecule has 0 amide bonds. The Morgan fingerprint density at radius 1 is 1.44 bits per heavy atom. The number of phosphoric acid groups is 1. The smallest absolute Gasteiger partial charge is 0.484 e. The third-order valence-electron chi connectivity index (χ3n) is 0. The van der Waals surface area contributed by atoms with Crippen LogP contribution in [0.3, 0.4) is 0 Å². The van der Waals surface area contributed by atoms with Crippen molar-refractivity contribution in [3.8, 4) is 0 Å². The molecule has 0 bridgehead atoms. The first-order valence-electron chi connectivity index (χ1n) is 1.69. The molecule has 0 aromatic heterocycles. The molecule has 9 heavy (non-hydrogen) atoms. The average Bonchev–Trinajstić information content (AvgIpc) is 1.27. The first-order chi connectivity index (χ1) is 3.41. The standard InChI is InChI=1S/C2H6N.K.H3O4P/c1-2-3;;1-5(2,3)4/h2H,3H2,1H3;;(H3,1,2,3,4)/q-1;+1;. The molecule has 0 aliphatic rings. The van der Waals surface area contributed by atoms with E-state index in [1.165, 1.54) is 6.54 Å². The van der Waals surface area contributed by atoms with E-state index >= 15 is 0 Å². The van der Waals surface area contributed by atoms with Crippen molar-refractivity contribution in [2.45, 2.75) is 6.92 Å². The Bertz CT molecular complexity index is 74.4. The maximum absolute atomic E-state index is 8.88. The summed E-state index contributed by atoms with van der Waals surface area (Å²) in [5.74, 6) is 0. The van der Waals surface area contributed by atoms with Gasteiger partial charge < -0.3 is 20.4 Å². The summed E-state index contributed by atoms with van der Waals surface area (Å²) >= 11 is 0. The first-order valence-corrected chi connectivity index (χ1v) is 3.26. The van der Waals surface area contributed by atoms with Crippen LogP contribution in [0.2, 0.25) is 0 Å². The van der Waals surface area contributed by atoms with Crippen LogP contribution in [-0.4, -0.2) is 14.7 Å². The number of nitrogens with two attached hydrogens (primary N) is 1. The van der Waals surface area contributed by atoms with Crippen LogP contribution in [0.5, 0.6) is 0 Å². The van der Waals surface area contributed by atoms with Crippen LogP contribution in [0.1, 0.15) is 6.92 Å². The molecule has 0 aromatic carbocycles. The van der Waals surface area contributed by atoms with Crippen molar-refractivity contribution >= 4 is 7.82 Å². The van der Waals surface area contributed by atoms with Crippen molar-refractivity contribution in [2.24, 2.45) is 5.73 Å². The van der Waals surface area contributed by atoms with Crippen molar-refractivity contribution < 1.29 is 70.6 Å². The van der Waals surface area contributed by atoms with Gasteiger partial charge in [-0.3, -0.25) is 6.54 Å². The Hall–Kier alpha value is 1.71. The fraction of sp³-hybridized carbons (Fsp3) is 0.500. The van der Waals surface area contributed by atoms with E-state index in [4.69, 9.17) is 25.0 Å². The van der Waals surface area contributed by atoms with Gasteiger partial charge >= 0.3 is 59.2 Å². The molecule has 0 radical (unpaired) electrons. The van der Waals surface area contributed by atoms with Gasteiger partial charge in [-0.05, 0) is 0 Å². The van der Waals surface area contributed by atoms with Crippen LogP contribution in [0.4, 0.5) is 0 Å². The van der Waals surface area contributed by atoms with E-state index in [1.807, 2.05) is 0 Å². The molecular formula is C2H9KNO4P. The van der Waals surface area contributed by atoms with E-state index in [9.17, 15) is 0 Å². The quantitative estimate of drug-likeness (QED) is 0.174. The predicted molar refractivity (Wildman–Crippen MR) is 28.4 cm³/mol. The predicted octanol–water partition coefficient (Wildman–Crippen LogP) is -3.80. The van der Waals surface area contributed by atoms with E-state index < -0.39 is 7.82 Å². The molecule has 0 rings (SSSR count). The van der Waals surface area contributed by atoms with Gasteiger partial charge in [-0.2, -0.15) is 6.92 Å². The average molecular weight is 181 g/mol. The van der Waals surface area contributed by atoms with Crippen LogP contribution in [0, 0.1) is 6.54 Å². The minimum Gasteiger partial charge on any atom is -0.484 e. The third kappa shape index (κ3) is 198. The van der Waals surface area contributed by atoms with Crippen LogP contribution >= 0.6 is 7.82 Å². The molecule has 0 spiro atoms. The van der Waals surface area contributed by atoms with Gasteiger partial charge in [0.2, 0.25) is 0 Å². The van der Waals surface area contributed by atoms with Crippen LogP contribution < -0.4 is 57.1 Å². The second-order valence-electron chi connectivity index (χ2n) is 0.847. The van der Waals surface area contributed by atoms with E-state index in [0.717, 1.165) is 0 Å². The van der Waals surface area contributed by atoms with Gasteiger partial charge in [0, 0.05) is 0 Å². The van der Waals surface area contributed by atoms with Crippen molar-refractivity contribution in [1.82, 2.24) is 0 Å². The Morgan fingerprint density at radius 2 is 1.44 bits per heavy atom. The Labute approximate surface area is 96.3 Å². The monoisotopic (exact) mass is 181 g/mol. The van der Waals surface area contributed by atoms with Gasteiger partial charge in [-0.1, -0.05) is 0 Å². The van der Waals surface area contributed by atoms with E-state index in [1.54, 1.807) is 6.92 Å². The van der Waals surface area contributed by atoms with Crippen LogP contribution in [0.15, 0.2) is 0 Å². The zero-order valence-corrected chi connectivity index (χ0v) is 9.37. The summed E-state index contributed by atoms with van der Waals surface area (Å²) in [5, 5.41) is 0. The van der Waals surface area contributed by atoms with E-state index in [2.05, 4.69) is 0 Å². The van der Waals surface area contributed by atoms with Crippen LogP contribution in [0.25, 0.3) is 0 Å². The molecule has 0 fully saturated rings. The largest absolute Gasteiger partial charge is 1.00 e. The maximum atomic E-state index is 8.88. The molecule has 52 valence electrons. The molecule has 0 heterocycles. The minimum atomic E-state index is -4.64. The summed E-state index contributed by atoms with van der Waals surface area (Å²) in [5.41, 5.74) is 4.72. The summed E-state index contributed by atoms with van der Waals surface area (Å²) < 4.78 is 8.88. The molecule has 5 N–H and O–H groups in total. The fourth-order valence-corrected chi connectivity index (χ4v) is 0. The summed E-state index contributed by atoms with van der Waals surface area (Å²) in [6, 6.07) is 0. The topological polar surface area (TPSA) is 104 Å². The van der Waals surface area contributed by atoms with Crippen molar-refractivity contribution in [3.05, 3.63) is 6.54 Å². The molecule has 0 saturated carbocycles. The van der Waals surface area contributed by atoms with Gasteiger partial charge in [-0.25, -0.2) is 4.57 Å². The molecule has 5 nitrogen and oxygen atoms in total. The molecular weight excluding hydrogens is 172 g/mol. The zero-order valence-electron chi connectivity index (χ0n) is 5.35. The van der Waals surface area contributed by atoms with Gasteiger partial charge in [-0.15, -0.1) is 0 Å². The number of hydrogen-bond donors (Lipinski definition) is 4. The summed E-state index contributed by atoms with van der Waals surface area (Å²) in [4.78, 5) is 21.6. The first kappa shape index (κ1) is 17.0. The molecule has 0 aliphatic carbocycles. The third-order valence-corrected chi connectivity index (χ3v) is 0. The Kier molecular flexibility index (Phi) is 18.3. The van der Waals surface area contributed by atoms with Gasteiger partial charge in [0.15, 0.2) is 0 Å². The fourth-order valence-electron chi connectivity index (χ4n) is 0. The summed E-state index contributed by atoms with van der Waals surface area (Å²) in [7, 11) is -4.64. The normalized spacial score (nSPS) is 8.56. The molecule has 0 unspecified atom stereocenters. The van der Waals surface area contributed by atoms with Crippen molar-refractivity contribution in [1.29, 1.82) is 0 Å². The van der Waals surface area contributed by atoms with Gasteiger partial charge in [0.25, 0.3) is 0 Å². The van der Waals surface area contributed by atoms with Gasteiger partial charge in [0.05, 0.1) is 0 Å². The summed E-state index contributed by atoms with van der Waals surface area (Å²) in [6.45, 7) is 3.28. The SMILES string of the molecule is C[CH-]N.O=P(O)(O)O.[K+]. The van der Waals surface area contributed by atoms with Gasteiger partial charge in [0.1, 0.15) is 0 Å². The second kappa shape index (κ2) is 9.71. The molecule has 0 aliphatic heterocycles. The molecule has 0 saturated heterocycles. The number of rotatable bonds is 0. The van der Waals surface area contributed by atoms with E-state index in [0.29, 0.717) is 0 Å². The Balaban J connectivity index is -0.0000000800. The summed E-state index contributed by atoms with van der Waals surface area (Å²) in [6.07, 6.45) is 0. The van der Waals surface area contributed by atoms with Crippen molar-refractivity contribution in [3.63, 3.8) is 0 Å².